The molecule has 0 atom stereocenters. The van der Waals surface area contributed by atoms with Crippen LogP contribution in [0, 0.1) is 0 Å². The summed E-state index contributed by atoms with van der Waals surface area (Å²) < 4.78 is 1.15. The van der Waals surface area contributed by atoms with Gasteiger partial charge < -0.3 is 5.32 Å². The fourth-order valence-corrected chi connectivity index (χ4v) is 3.83. The lowest BCUT2D eigenvalue weighted by Crippen LogP contribution is -2.26. The fraction of sp³-hybridized carbons (Fsp3) is 0.364. The first kappa shape index (κ1) is 20.8. The van der Waals surface area contributed by atoms with Crippen molar-refractivity contribution in [1.29, 1.82) is 0 Å². The third-order valence-corrected chi connectivity index (χ3v) is 5.72. The summed E-state index contributed by atoms with van der Waals surface area (Å²) >= 11 is 12.2. The van der Waals surface area contributed by atoms with Gasteiger partial charge in [0.25, 0.3) is 0 Å². The van der Waals surface area contributed by atoms with Crippen molar-refractivity contribution in [3.05, 3.63) is 64.2 Å². The standard InChI is InChI=1S/C22H24Cl2N2O2/c23-19-6-2-1-5-16(19)12-14-25-13-4-3-7-21(27)18-8-10-20-17(15-18)9-11-22(28)26(20)24/h1-2,5-6,8,10,15,25H,3-4,7,9,11-14H2. The molecule has 3 rings (SSSR count). The van der Waals surface area contributed by atoms with E-state index in [0.29, 0.717) is 30.5 Å². The van der Waals surface area contributed by atoms with Crippen molar-refractivity contribution in [1.82, 2.24) is 5.32 Å². The minimum absolute atomic E-state index is 0.102. The van der Waals surface area contributed by atoms with E-state index in [1.807, 2.05) is 30.3 Å². The number of hydrogen-bond acceptors (Lipinski definition) is 3. The number of Topliss-reactive ketones (excluding diaryl/α,β-unsaturated/α-hetero) is 1. The van der Waals surface area contributed by atoms with E-state index in [4.69, 9.17) is 23.4 Å². The largest absolute Gasteiger partial charge is 0.316 e. The molecule has 1 N–H and O–H groups in total. The normalized spacial score (nSPS) is 13.5. The molecular weight excluding hydrogens is 395 g/mol. The lowest BCUT2D eigenvalue weighted by molar-refractivity contribution is -0.117. The fourth-order valence-electron chi connectivity index (χ4n) is 3.35. The van der Waals surface area contributed by atoms with E-state index in [1.165, 1.54) is 0 Å². The van der Waals surface area contributed by atoms with Crippen LogP contribution in [0.1, 0.15) is 47.2 Å². The quantitative estimate of drug-likeness (QED) is 0.355. The molecule has 1 aliphatic heterocycles. The zero-order chi connectivity index (χ0) is 19.9. The van der Waals surface area contributed by atoms with Gasteiger partial charge in [-0.2, -0.15) is 0 Å². The minimum atomic E-state index is -0.102. The van der Waals surface area contributed by atoms with E-state index < -0.39 is 0 Å². The maximum Gasteiger partial charge on any atom is 0.241 e. The van der Waals surface area contributed by atoms with Gasteiger partial charge in [-0.3, -0.25) is 9.59 Å². The van der Waals surface area contributed by atoms with E-state index in [-0.39, 0.29) is 11.7 Å². The number of fused-ring (bicyclic) bond motifs is 1. The number of anilines is 1. The van der Waals surface area contributed by atoms with Gasteiger partial charge in [-0.25, -0.2) is 4.42 Å². The summed E-state index contributed by atoms with van der Waals surface area (Å²) in [6, 6.07) is 13.3. The Bertz CT molecular complexity index is 854. The molecule has 0 spiro atoms. The first-order valence-corrected chi connectivity index (χ1v) is 10.4. The molecule has 0 fully saturated rings. The Labute approximate surface area is 175 Å². The van der Waals surface area contributed by atoms with E-state index in [9.17, 15) is 9.59 Å². The summed E-state index contributed by atoms with van der Waals surface area (Å²) in [6.07, 6.45) is 4.22. The number of amides is 1. The lowest BCUT2D eigenvalue weighted by atomic mass is 9.97. The Hall–Kier alpha value is -1.88. The number of unbranched alkanes of at least 4 members (excludes halogenated alkanes) is 1. The van der Waals surface area contributed by atoms with Crippen molar-refractivity contribution in [3.8, 4) is 0 Å². The molecule has 0 aliphatic carbocycles. The van der Waals surface area contributed by atoms with Gasteiger partial charge in [0, 0.05) is 35.2 Å². The number of halogens is 2. The summed E-state index contributed by atoms with van der Waals surface area (Å²) in [7, 11) is 0. The molecule has 1 heterocycles. The van der Waals surface area contributed by atoms with Gasteiger partial charge >= 0.3 is 0 Å². The summed E-state index contributed by atoms with van der Waals surface area (Å²) in [5.41, 5.74) is 3.50. The smallest absolute Gasteiger partial charge is 0.241 e. The van der Waals surface area contributed by atoms with E-state index >= 15 is 0 Å². The number of benzene rings is 2. The van der Waals surface area contributed by atoms with Crippen LogP contribution >= 0.6 is 23.4 Å². The van der Waals surface area contributed by atoms with E-state index in [0.717, 1.165) is 52.9 Å². The molecule has 28 heavy (non-hydrogen) atoms. The average Bonchev–Trinajstić information content (AvgIpc) is 2.71. The van der Waals surface area contributed by atoms with Gasteiger partial charge in [-0.15, -0.1) is 0 Å². The Morgan fingerprint density at radius 2 is 1.89 bits per heavy atom. The van der Waals surface area contributed by atoms with Crippen LogP contribution in [0.15, 0.2) is 42.5 Å². The molecule has 1 amide bonds. The molecular formula is C22H24Cl2N2O2. The Morgan fingerprint density at radius 1 is 1.07 bits per heavy atom. The zero-order valence-electron chi connectivity index (χ0n) is 15.7. The predicted molar refractivity (Wildman–Crippen MR) is 114 cm³/mol. The minimum Gasteiger partial charge on any atom is -0.316 e. The number of ketones is 1. The highest BCUT2D eigenvalue weighted by molar-refractivity contribution is 6.37. The Morgan fingerprint density at radius 3 is 2.71 bits per heavy atom. The third-order valence-electron chi connectivity index (χ3n) is 4.98. The topological polar surface area (TPSA) is 49.4 Å². The third kappa shape index (κ3) is 5.34. The van der Waals surface area contributed by atoms with Crippen LogP contribution in [0.2, 0.25) is 5.02 Å². The van der Waals surface area contributed by atoms with E-state index in [2.05, 4.69) is 5.32 Å². The second kappa shape index (κ2) is 10.1. The predicted octanol–water partition coefficient (Wildman–Crippen LogP) is 4.96. The summed E-state index contributed by atoms with van der Waals surface area (Å²) in [5, 5.41) is 4.21. The van der Waals surface area contributed by atoms with Gasteiger partial charge in [0.05, 0.1) is 5.69 Å². The number of nitrogens with zero attached hydrogens (tertiary/aromatic N) is 1. The van der Waals surface area contributed by atoms with Crippen LogP contribution in [0.25, 0.3) is 0 Å². The van der Waals surface area contributed by atoms with Crippen molar-refractivity contribution in [2.24, 2.45) is 0 Å². The van der Waals surface area contributed by atoms with Crippen LogP contribution in [0.5, 0.6) is 0 Å². The highest BCUT2D eigenvalue weighted by Gasteiger charge is 2.23. The summed E-state index contributed by atoms with van der Waals surface area (Å²) in [5.74, 6) is 0.0344. The van der Waals surface area contributed by atoms with Crippen molar-refractivity contribution in [3.63, 3.8) is 0 Å². The highest BCUT2D eigenvalue weighted by atomic mass is 35.5. The van der Waals surface area contributed by atoms with Crippen LogP contribution < -0.4 is 9.74 Å². The Kier molecular flexibility index (Phi) is 7.49. The molecule has 6 heteroatoms. The van der Waals surface area contributed by atoms with Gasteiger partial charge in [0.15, 0.2) is 5.78 Å². The van der Waals surface area contributed by atoms with Gasteiger partial charge in [-0.1, -0.05) is 29.8 Å². The lowest BCUT2D eigenvalue weighted by Gasteiger charge is -2.23. The Balaban J connectivity index is 1.37. The molecule has 1 aliphatic rings. The number of hydrogen-bond donors (Lipinski definition) is 1. The monoisotopic (exact) mass is 418 g/mol. The molecule has 4 nitrogen and oxygen atoms in total. The summed E-state index contributed by atoms with van der Waals surface area (Å²) in [4.78, 5) is 24.1. The highest BCUT2D eigenvalue weighted by Crippen LogP contribution is 2.30. The maximum atomic E-state index is 12.4. The van der Waals surface area contributed by atoms with Crippen LogP contribution in [-0.4, -0.2) is 24.8 Å². The number of nitrogens with one attached hydrogen (secondary N) is 1. The van der Waals surface area contributed by atoms with Crippen molar-refractivity contribution < 1.29 is 9.59 Å². The molecule has 0 aromatic heterocycles. The average molecular weight is 419 g/mol. The molecule has 0 radical (unpaired) electrons. The van der Waals surface area contributed by atoms with Crippen LogP contribution in [-0.2, 0) is 17.6 Å². The van der Waals surface area contributed by atoms with Crippen molar-refractivity contribution in [2.75, 3.05) is 17.5 Å². The van der Waals surface area contributed by atoms with Gasteiger partial charge in [0.2, 0.25) is 5.91 Å². The first-order chi connectivity index (χ1) is 13.6. The van der Waals surface area contributed by atoms with Crippen LogP contribution in [0.4, 0.5) is 5.69 Å². The summed E-state index contributed by atoms with van der Waals surface area (Å²) in [6.45, 7) is 1.75. The van der Waals surface area contributed by atoms with E-state index in [1.54, 1.807) is 12.1 Å². The molecule has 2 aromatic rings. The maximum absolute atomic E-state index is 12.4. The number of carbonyl (C=O) groups is 2. The van der Waals surface area contributed by atoms with Gasteiger partial charge in [-0.05, 0) is 74.2 Å². The van der Waals surface area contributed by atoms with Gasteiger partial charge in [0.1, 0.15) is 0 Å². The number of rotatable bonds is 9. The molecule has 2 aromatic carbocycles. The van der Waals surface area contributed by atoms with Crippen molar-refractivity contribution in [2.45, 2.75) is 38.5 Å². The number of carbonyl (C=O) groups excluding carboxylic acids is 2. The second-order valence-electron chi connectivity index (χ2n) is 6.99. The van der Waals surface area contributed by atoms with Crippen molar-refractivity contribution >= 4 is 40.8 Å². The SMILES string of the molecule is O=C(CCCCNCCc1ccccc1Cl)c1ccc2c(c1)CCC(=O)N2Cl. The van der Waals surface area contributed by atoms with Crippen LogP contribution in [0.3, 0.4) is 0 Å². The molecule has 148 valence electrons. The zero-order valence-corrected chi connectivity index (χ0v) is 17.2. The number of aryl methyl sites for hydroxylation is 1. The first-order valence-electron chi connectivity index (χ1n) is 9.65. The molecule has 0 unspecified atom stereocenters. The second-order valence-corrected chi connectivity index (χ2v) is 7.74. The molecule has 0 saturated heterocycles. The molecule has 0 saturated carbocycles. The molecule has 0 bridgehead atoms.